The van der Waals surface area contributed by atoms with Gasteiger partial charge in [0.15, 0.2) is 6.49 Å². The standard InChI is InChI=1S/C22H28Cl3O3P/c23-17(26)19-3-13-1-14(4-19)8-21(7-13,11-19)29(25,28)22-9-15-2-16(10-22)6-20(5-15,12-22)18(24)27/h13-16H,1-12H2. The van der Waals surface area contributed by atoms with E-state index in [1.165, 1.54) is 0 Å². The van der Waals surface area contributed by atoms with Crippen LogP contribution in [0.4, 0.5) is 0 Å². The molecule has 0 heterocycles. The van der Waals surface area contributed by atoms with Crippen molar-refractivity contribution in [3.8, 4) is 0 Å². The van der Waals surface area contributed by atoms with Gasteiger partial charge in [-0.25, -0.2) is 0 Å². The monoisotopic (exact) mass is 476 g/mol. The van der Waals surface area contributed by atoms with Crippen molar-refractivity contribution in [2.75, 3.05) is 0 Å². The summed E-state index contributed by atoms with van der Waals surface area (Å²) in [4.78, 5) is 25.1. The van der Waals surface area contributed by atoms with Gasteiger partial charge in [-0.05, 0) is 124 Å². The van der Waals surface area contributed by atoms with E-state index in [9.17, 15) is 14.2 Å². The molecule has 7 heteroatoms. The van der Waals surface area contributed by atoms with E-state index in [0.717, 1.165) is 64.2 Å². The Morgan fingerprint density at radius 1 is 0.655 bits per heavy atom. The first-order valence-corrected chi connectivity index (χ1v) is 14.6. The molecule has 0 saturated heterocycles. The van der Waals surface area contributed by atoms with Gasteiger partial charge in [0.05, 0.1) is 0 Å². The van der Waals surface area contributed by atoms with Crippen molar-refractivity contribution in [1.29, 1.82) is 0 Å². The summed E-state index contributed by atoms with van der Waals surface area (Å²) in [5.41, 5.74) is -1.06. The summed E-state index contributed by atoms with van der Waals surface area (Å²) in [6.45, 7) is -3.21. The second-order valence-corrected chi connectivity index (χ2v) is 17.1. The van der Waals surface area contributed by atoms with Crippen molar-refractivity contribution in [3.05, 3.63) is 0 Å². The van der Waals surface area contributed by atoms with E-state index < -0.39 is 27.6 Å². The molecule has 8 aliphatic rings. The lowest BCUT2D eigenvalue weighted by atomic mass is 9.49. The molecule has 8 bridgehead atoms. The molecule has 4 atom stereocenters. The van der Waals surface area contributed by atoms with Crippen LogP contribution in [0.15, 0.2) is 0 Å². The van der Waals surface area contributed by atoms with Crippen LogP contribution in [0.2, 0.25) is 0 Å². The van der Waals surface area contributed by atoms with Crippen LogP contribution in [0.1, 0.15) is 77.0 Å². The van der Waals surface area contributed by atoms with Crippen LogP contribution in [-0.2, 0) is 14.2 Å². The zero-order valence-corrected chi connectivity index (χ0v) is 19.8. The Kier molecular flexibility index (Phi) is 4.06. The third-order valence-electron chi connectivity index (χ3n) is 10.1. The molecule has 8 fully saturated rings. The minimum atomic E-state index is -3.21. The Morgan fingerprint density at radius 2 is 0.966 bits per heavy atom. The third kappa shape index (κ3) is 2.43. The van der Waals surface area contributed by atoms with Crippen molar-refractivity contribution >= 4 is 51.4 Å². The average Bonchev–Trinajstić information content (AvgIpc) is 2.59. The van der Waals surface area contributed by atoms with Gasteiger partial charge >= 0.3 is 0 Å². The summed E-state index contributed by atoms with van der Waals surface area (Å²) in [7, 11) is 0. The van der Waals surface area contributed by atoms with Gasteiger partial charge in [0.25, 0.3) is 0 Å². The predicted molar refractivity (Wildman–Crippen MR) is 115 cm³/mol. The van der Waals surface area contributed by atoms with Crippen molar-refractivity contribution in [2.45, 2.75) is 87.4 Å². The van der Waals surface area contributed by atoms with E-state index in [-0.39, 0.29) is 10.5 Å². The van der Waals surface area contributed by atoms with E-state index in [2.05, 4.69) is 0 Å². The van der Waals surface area contributed by atoms with Gasteiger partial charge in [0.1, 0.15) is 0 Å². The minimum absolute atomic E-state index is 0.245. The molecule has 0 aromatic heterocycles. The zero-order valence-electron chi connectivity index (χ0n) is 16.6. The van der Waals surface area contributed by atoms with E-state index in [1.54, 1.807) is 0 Å². The van der Waals surface area contributed by atoms with Gasteiger partial charge in [-0.2, -0.15) is 0 Å². The molecule has 160 valence electrons. The topological polar surface area (TPSA) is 51.2 Å². The maximum Gasteiger partial charge on any atom is 0.227 e. The highest BCUT2D eigenvalue weighted by Crippen LogP contribution is 2.87. The molecule has 3 nitrogen and oxygen atoms in total. The highest BCUT2D eigenvalue weighted by Gasteiger charge is 2.73. The molecular weight excluding hydrogens is 450 g/mol. The predicted octanol–water partition coefficient (Wildman–Crippen LogP) is 6.71. The summed E-state index contributed by atoms with van der Waals surface area (Å²) < 4.78 is 14.9. The molecule has 8 saturated carbocycles. The summed E-state index contributed by atoms with van der Waals surface area (Å²) >= 11 is 19.7. The molecule has 29 heavy (non-hydrogen) atoms. The largest absolute Gasteiger partial charge is 0.305 e. The van der Waals surface area contributed by atoms with Crippen molar-refractivity contribution in [1.82, 2.24) is 0 Å². The van der Waals surface area contributed by atoms with Crippen LogP contribution in [0.25, 0.3) is 0 Å². The Morgan fingerprint density at radius 3 is 1.24 bits per heavy atom. The van der Waals surface area contributed by atoms with E-state index in [1.807, 2.05) is 0 Å². The first-order chi connectivity index (χ1) is 13.5. The maximum atomic E-state index is 14.9. The minimum Gasteiger partial charge on any atom is -0.305 e. The Bertz CT molecular complexity index is 775. The molecule has 0 aliphatic heterocycles. The highest BCUT2D eigenvalue weighted by molar-refractivity contribution is 7.91. The molecule has 0 spiro atoms. The summed E-state index contributed by atoms with van der Waals surface area (Å²) in [6.07, 6.45) is 10.3. The molecule has 0 radical (unpaired) electrons. The van der Waals surface area contributed by atoms with Crippen LogP contribution in [0.5, 0.6) is 0 Å². The number of hydrogen-bond donors (Lipinski definition) is 0. The molecule has 0 aromatic carbocycles. The molecule has 4 unspecified atom stereocenters. The van der Waals surface area contributed by atoms with Crippen molar-refractivity contribution in [2.24, 2.45) is 34.5 Å². The summed E-state index contributed by atoms with van der Waals surface area (Å²) in [5.74, 6) is 1.62. The first-order valence-electron chi connectivity index (χ1n) is 11.2. The molecular formula is C22H28Cl3O3P. The second-order valence-electron chi connectivity index (χ2n) is 12.0. The maximum absolute atomic E-state index is 14.9. The lowest BCUT2D eigenvalue weighted by Gasteiger charge is -2.68. The fourth-order valence-corrected chi connectivity index (χ4v) is 15.7. The average molecular weight is 478 g/mol. The van der Waals surface area contributed by atoms with Gasteiger partial charge in [0.2, 0.25) is 10.5 Å². The number of carbonyl (C=O) groups excluding carboxylic acids is 2. The quantitative estimate of drug-likeness (QED) is 0.334. The second kappa shape index (κ2) is 5.86. The zero-order chi connectivity index (χ0) is 20.4. The summed E-state index contributed by atoms with van der Waals surface area (Å²) in [6, 6.07) is 0. The highest BCUT2D eigenvalue weighted by atomic mass is 35.7. The smallest absolute Gasteiger partial charge is 0.227 e. The first kappa shape index (κ1) is 20.1. The Balaban J connectivity index is 1.45. The van der Waals surface area contributed by atoms with E-state index >= 15 is 0 Å². The Labute approximate surface area is 187 Å². The number of carbonyl (C=O) groups is 2. The van der Waals surface area contributed by atoms with Gasteiger partial charge < -0.3 is 4.57 Å². The van der Waals surface area contributed by atoms with Crippen molar-refractivity contribution < 1.29 is 14.2 Å². The number of hydrogen-bond acceptors (Lipinski definition) is 3. The van der Waals surface area contributed by atoms with Crippen molar-refractivity contribution in [3.63, 3.8) is 0 Å². The third-order valence-corrected chi connectivity index (χ3v) is 16.6. The van der Waals surface area contributed by atoms with Crippen LogP contribution in [0, 0.1) is 34.5 Å². The van der Waals surface area contributed by atoms with Crippen LogP contribution in [0.3, 0.4) is 0 Å². The molecule has 0 N–H and O–H groups in total. The van der Waals surface area contributed by atoms with Gasteiger partial charge in [-0.3, -0.25) is 9.59 Å². The van der Waals surface area contributed by atoms with Gasteiger partial charge in [-0.1, -0.05) is 11.2 Å². The lowest BCUT2D eigenvalue weighted by molar-refractivity contribution is -0.134. The fraction of sp³-hybridized carbons (Fsp3) is 0.909. The SMILES string of the molecule is O=C(Cl)C12CC3CC(C1)CC(P(=O)(Cl)C14CC5CC(CC(C(=O)Cl)(C5)C1)C4)(C3)C2. The van der Waals surface area contributed by atoms with Crippen LogP contribution in [-0.4, -0.2) is 20.8 Å². The number of rotatable bonds is 4. The normalized spacial score (nSPS) is 56.4. The van der Waals surface area contributed by atoms with Crippen LogP contribution >= 0.6 is 40.9 Å². The molecule has 8 aliphatic carbocycles. The molecule has 0 amide bonds. The van der Waals surface area contributed by atoms with E-state index in [4.69, 9.17) is 34.4 Å². The fourth-order valence-electron chi connectivity index (χ4n) is 10.1. The van der Waals surface area contributed by atoms with Gasteiger partial charge in [-0.15, -0.1) is 0 Å². The molecule has 0 aromatic rings. The van der Waals surface area contributed by atoms with E-state index in [0.29, 0.717) is 36.5 Å². The van der Waals surface area contributed by atoms with Crippen LogP contribution < -0.4 is 0 Å². The van der Waals surface area contributed by atoms with Gasteiger partial charge in [0, 0.05) is 21.1 Å². The molecule has 8 rings (SSSR count). The number of halogens is 3. The summed E-state index contributed by atoms with van der Waals surface area (Å²) in [5, 5.41) is -1.45. The Hall–Kier alpha value is 0.440. The lowest BCUT2D eigenvalue weighted by Crippen LogP contribution is -2.62.